The summed E-state index contributed by atoms with van der Waals surface area (Å²) in [6.07, 6.45) is 3.61. The summed E-state index contributed by atoms with van der Waals surface area (Å²) in [5.41, 5.74) is 2.39. The number of rotatable bonds is 2. The Labute approximate surface area is 54.1 Å². The number of nitrogens with one attached hydrogen (secondary N) is 1. The zero-order chi connectivity index (χ0) is 6.53. The second kappa shape index (κ2) is 3.40. The first-order valence-electron chi connectivity index (χ1n) is 3.26. The number of hydrazine groups is 1. The molecule has 0 spiro atoms. The topological polar surface area (TPSA) is 44.7 Å². The maximum Gasteiger partial charge on any atom is 0.0658 e. The van der Waals surface area contributed by atoms with Crippen molar-refractivity contribution < 1.29 is 0 Å². The highest BCUT2D eigenvalue weighted by Crippen LogP contribution is 2.05. The summed E-state index contributed by atoms with van der Waals surface area (Å²) in [6, 6.07) is 0. The van der Waals surface area contributed by atoms with Crippen LogP contribution < -0.4 is 5.53 Å². The quantitative estimate of drug-likeness (QED) is 0.440. The minimum absolute atomic E-state index is 0.950. The van der Waals surface area contributed by atoms with Gasteiger partial charge >= 0.3 is 0 Å². The predicted molar refractivity (Wildman–Crippen MR) is 34.4 cm³/mol. The Bertz CT molecular complexity index is 90.2. The molecule has 1 aliphatic rings. The molecular weight excluding hydrogens is 118 g/mol. The molecule has 9 heavy (non-hydrogen) atoms. The first-order chi connectivity index (χ1) is 4.43. The molecule has 4 nitrogen and oxygen atoms in total. The van der Waals surface area contributed by atoms with Crippen molar-refractivity contribution in [1.29, 1.82) is 0 Å². The monoisotopic (exact) mass is 129 g/mol. The normalized spacial score (nSPS) is 21.3. The van der Waals surface area contributed by atoms with Crippen LogP contribution in [0.2, 0.25) is 0 Å². The van der Waals surface area contributed by atoms with E-state index in [4.69, 9.17) is 0 Å². The third-order valence-electron chi connectivity index (χ3n) is 1.54. The zero-order valence-electron chi connectivity index (χ0n) is 5.34. The Morgan fingerprint density at radius 1 is 1.22 bits per heavy atom. The van der Waals surface area contributed by atoms with Crippen LogP contribution in [0.4, 0.5) is 0 Å². The average molecular weight is 129 g/mol. The zero-order valence-corrected chi connectivity index (χ0v) is 5.34. The first-order valence-corrected chi connectivity index (χ1v) is 3.26. The summed E-state index contributed by atoms with van der Waals surface area (Å²) in [4.78, 5) is 9.67. The van der Waals surface area contributed by atoms with Crippen molar-refractivity contribution in [3.63, 3.8) is 0 Å². The smallest absolute Gasteiger partial charge is 0.0658 e. The minimum Gasteiger partial charge on any atom is -0.205 e. The average Bonchev–Trinajstić information content (AvgIpc) is 1.91. The first kappa shape index (κ1) is 6.48. The Hall–Kier alpha value is -0.640. The van der Waals surface area contributed by atoms with Crippen molar-refractivity contribution in [2.75, 3.05) is 13.1 Å². The van der Waals surface area contributed by atoms with Crippen LogP contribution in [0, 0.1) is 4.91 Å². The van der Waals surface area contributed by atoms with Gasteiger partial charge in [0.2, 0.25) is 0 Å². The molecular formula is C5H11N3O. The van der Waals surface area contributed by atoms with Crippen molar-refractivity contribution in [3.05, 3.63) is 4.91 Å². The van der Waals surface area contributed by atoms with Crippen LogP contribution in [0.3, 0.4) is 0 Å². The third kappa shape index (κ3) is 1.97. The Balaban J connectivity index is 2.15. The number of nitrogens with zero attached hydrogens (tertiary/aromatic N) is 2. The highest BCUT2D eigenvalue weighted by atomic mass is 16.3. The van der Waals surface area contributed by atoms with Gasteiger partial charge in [0.1, 0.15) is 0 Å². The molecule has 0 saturated carbocycles. The molecule has 1 fully saturated rings. The lowest BCUT2D eigenvalue weighted by Gasteiger charge is -2.23. The fourth-order valence-corrected chi connectivity index (χ4v) is 1.05. The third-order valence-corrected chi connectivity index (χ3v) is 1.54. The van der Waals surface area contributed by atoms with Crippen LogP contribution in [0.25, 0.3) is 0 Å². The predicted octanol–water partition coefficient (Wildman–Crippen LogP) is 0.658. The van der Waals surface area contributed by atoms with Gasteiger partial charge in [-0.05, 0) is 12.8 Å². The molecule has 0 aromatic rings. The van der Waals surface area contributed by atoms with Crippen LogP contribution >= 0.6 is 0 Å². The van der Waals surface area contributed by atoms with Gasteiger partial charge in [-0.25, -0.2) is 10.5 Å². The van der Waals surface area contributed by atoms with Gasteiger partial charge in [0.05, 0.1) is 5.29 Å². The summed E-state index contributed by atoms with van der Waals surface area (Å²) < 4.78 is 0. The second-order valence-corrected chi connectivity index (χ2v) is 2.24. The van der Waals surface area contributed by atoms with Gasteiger partial charge in [0.25, 0.3) is 0 Å². The summed E-state index contributed by atoms with van der Waals surface area (Å²) in [5, 5.41) is 4.43. The summed E-state index contributed by atoms with van der Waals surface area (Å²) >= 11 is 0. The second-order valence-electron chi connectivity index (χ2n) is 2.24. The Morgan fingerprint density at radius 2 is 1.89 bits per heavy atom. The number of piperidine rings is 1. The molecule has 1 N–H and O–H groups in total. The molecule has 0 amide bonds. The number of hydrogen-bond donors (Lipinski definition) is 1. The van der Waals surface area contributed by atoms with Gasteiger partial charge in [-0.3, -0.25) is 0 Å². The van der Waals surface area contributed by atoms with Crippen LogP contribution in [-0.2, 0) is 0 Å². The van der Waals surface area contributed by atoms with Crippen molar-refractivity contribution >= 4 is 0 Å². The molecule has 0 bridgehead atoms. The van der Waals surface area contributed by atoms with E-state index in [-0.39, 0.29) is 0 Å². The summed E-state index contributed by atoms with van der Waals surface area (Å²) in [5.74, 6) is 0. The lowest BCUT2D eigenvalue weighted by molar-refractivity contribution is 0.156. The standard InChI is InChI=1S/C5H11N3O/c9-7-6-8-4-2-1-3-5-8/h1-5H2,(H,6,9). The van der Waals surface area contributed by atoms with Crippen molar-refractivity contribution in [1.82, 2.24) is 10.5 Å². The largest absolute Gasteiger partial charge is 0.205 e. The molecule has 1 aliphatic heterocycles. The van der Waals surface area contributed by atoms with Crippen LogP contribution in [0.15, 0.2) is 5.29 Å². The van der Waals surface area contributed by atoms with E-state index in [0.717, 1.165) is 13.1 Å². The van der Waals surface area contributed by atoms with E-state index < -0.39 is 0 Å². The molecule has 0 radical (unpaired) electrons. The fourth-order valence-electron chi connectivity index (χ4n) is 1.05. The Morgan fingerprint density at radius 3 is 2.44 bits per heavy atom. The maximum absolute atomic E-state index is 9.67. The van der Waals surface area contributed by atoms with Gasteiger partial charge in [-0.2, -0.15) is 0 Å². The van der Waals surface area contributed by atoms with E-state index in [1.54, 1.807) is 0 Å². The fraction of sp³-hybridized carbons (Fsp3) is 1.00. The highest BCUT2D eigenvalue weighted by molar-refractivity contribution is 4.58. The molecule has 0 atom stereocenters. The van der Waals surface area contributed by atoms with Gasteiger partial charge in [-0.1, -0.05) is 6.42 Å². The molecule has 1 saturated heterocycles. The van der Waals surface area contributed by atoms with E-state index in [0.29, 0.717) is 0 Å². The van der Waals surface area contributed by atoms with Gasteiger partial charge in [-0.15, -0.1) is 4.91 Å². The Kier molecular flexibility index (Phi) is 2.45. The van der Waals surface area contributed by atoms with Gasteiger partial charge in [0.15, 0.2) is 0 Å². The van der Waals surface area contributed by atoms with E-state index in [2.05, 4.69) is 10.8 Å². The maximum atomic E-state index is 9.67. The van der Waals surface area contributed by atoms with E-state index >= 15 is 0 Å². The number of hydrogen-bond acceptors (Lipinski definition) is 3. The molecule has 1 rings (SSSR count). The van der Waals surface area contributed by atoms with Gasteiger partial charge in [0, 0.05) is 13.1 Å². The van der Waals surface area contributed by atoms with Crippen molar-refractivity contribution in [2.24, 2.45) is 5.29 Å². The molecule has 1 heterocycles. The van der Waals surface area contributed by atoms with Crippen LogP contribution in [0.5, 0.6) is 0 Å². The lowest BCUT2D eigenvalue weighted by atomic mass is 10.2. The molecule has 0 aliphatic carbocycles. The number of nitroso groups, excluding NO2 is 1. The highest BCUT2D eigenvalue weighted by Gasteiger charge is 2.07. The minimum atomic E-state index is 0.950. The summed E-state index contributed by atoms with van der Waals surface area (Å²) in [6.45, 7) is 1.90. The SMILES string of the molecule is O=NNN1CCCCC1. The lowest BCUT2D eigenvalue weighted by Crippen LogP contribution is -2.38. The van der Waals surface area contributed by atoms with Crippen molar-refractivity contribution in [2.45, 2.75) is 19.3 Å². The molecule has 0 unspecified atom stereocenters. The molecule has 52 valence electrons. The van der Waals surface area contributed by atoms with E-state index in [1.807, 2.05) is 5.01 Å². The van der Waals surface area contributed by atoms with Gasteiger partial charge < -0.3 is 0 Å². The van der Waals surface area contributed by atoms with Crippen LogP contribution in [0.1, 0.15) is 19.3 Å². The summed E-state index contributed by atoms with van der Waals surface area (Å²) in [7, 11) is 0. The molecule has 0 aromatic heterocycles. The van der Waals surface area contributed by atoms with E-state index in [9.17, 15) is 4.91 Å². The molecule has 4 heteroatoms. The van der Waals surface area contributed by atoms with Crippen molar-refractivity contribution in [3.8, 4) is 0 Å². The van der Waals surface area contributed by atoms with Crippen LogP contribution in [-0.4, -0.2) is 18.1 Å². The van der Waals surface area contributed by atoms with E-state index in [1.165, 1.54) is 19.3 Å². The molecule has 0 aromatic carbocycles.